The average molecular weight is 311 g/mol. The largest absolute Gasteiger partial charge is 0.494 e. The number of aryl methyl sites for hydroxylation is 1. The molecule has 0 spiro atoms. The van der Waals surface area contributed by atoms with E-state index in [2.05, 4.69) is 46.0 Å². The van der Waals surface area contributed by atoms with Gasteiger partial charge in [-0.25, -0.2) is 4.68 Å². The lowest BCUT2D eigenvalue weighted by atomic mass is 10.0. The summed E-state index contributed by atoms with van der Waals surface area (Å²) < 4.78 is 7.58. The highest BCUT2D eigenvalue weighted by Crippen LogP contribution is 2.28. The molecule has 1 N–H and O–H groups in total. The van der Waals surface area contributed by atoms with Crippen molar-refractivity contribution in [3.63, 3.8) is 0 Å². The van der Waals surface area contributed by atoms with E-state index in [1.807, 2.05) is 25.1 Å². The number of tetrazole rings is 1. The minimum Gasteiger partial charge on any atom is -0.494 e. The van der Waals surface area contributed by atoms with E-state index in [0.717, 1.165) is 24.3 Å². The third-order valence-electron chi connectivity index (χ3n) is 3.69. The third kappa shape index (κ3) is 3.26. The van der Waals surface area contributed by atoms with Gasteiger partial charge in [0.05, 0.1) is 6.61 Å². The maximum atomic E-state index is 5.79. The molecule has 0 radical (unpaired) electrons. The molecule has 6 nitrogen and oxygen atoms in total. The highest BCUT2D eigenvalue weighted by atomic mass is 16.5. The number of hydrogen-bond donors (Lipinski definition) is 1. The Morgan fingerprint density at radius 3 is 2.83 bits per heavy atom. The van der Waals surface area contributed by atoms with Crippen LogP contribution in [-0.2, 0) is 13.1 Å². The molecule has 2 aromatic carbocycles. The molecule has 120 valence electrons. The molecule has 0 bridgehead atoms. The van der Waals surface area contributed by atoms with E-state index in [1.165, 1.54) is 10.8 Å². The fraction of sp³-hybridized carbons (Fsp3) is 0.353. The first-order valence-electron chi connectivity index (χ1n) is 7.97. The third-order valence-corrected chi connectivity index (χ3v) is 3.69. The monoisotopic (exact) mass is 311 g/mol. The van der Waals surface area contributed by atoms with Crippen molar-refractivity contribution in [3.8, 4) is 5.75 Å². The van der Waals surface area contributed by atoms with Crippen molar-refractivity contribution >= 4 is 16.7 Å². The van der Waals surface area contributed by atoms with Crippen LogP contribution in [0.5, 0.6) is 5.75 Å². The first-order valence-corrected chi connectivity index (χ1v) is 7.97. The number of aromatic nitrogens is 4. The maximum absolute atomic E-state index is 5.79. The number of nitrogens with zero attached hydrogens (tertiary/aromatic N) is 4. The summed E-state index contributed by atoms with van der Waals surface area (Å²) in [4.78, 5) is 0. The van der Waals surface area contributed by atoms with Crippen LogP contribution in [0.15, 0.2) is 36.4 Å². The van der Waals surface area contributed by atoms with Crippen molar-refractivity contribution in [1.29, 1.82) is 0 Å². The summed E-state index contributed by atoms with van der Waals surface area (Å²) in [6, 6.07) is 12.4. The molecule has 0 atom stereocenters. The van der Waals surface area contributed by atoms with Crippen molar-refractivity contribution in [2.45, 2.75) is 33.4 Å². The number of fused-ring (bicyclic) bond motifs is 1. The quantitative estimate of drug-likeness (QED) is 0.725. The van der Waals surface area contributed by atoms with Crippen LogP contribution < -0.4 is 10.1 Å². The summed E-state index contributed by atoms with van der Waals surface area (Å²) in [6.45, 7) is 6.14. The van der Waals surface area contributed by atoms with Gasteiger partial charge in [0.15, 0.2) is 0 Å². The Labute approximate surface area is 135 Å². The lowest BCUT2D eigenvalue weighted by Crippen LogP contribution is -2.10. The molecular weight excluding hydrogens is 290 g/mol. The number of benzene rings is 2. The van der Waals surface area contributed by atoms with Crippen molar-refractivity contribution in [3.05, 3.63) is 42.0 Å². The first-order chi connectivity index (χ1) is 11.3. The van der Waals surface area contributed by atoms with Gasteiger partial charge in [0, 0.05) is 18.7 Å². The van der Waals surface area contributed by atoms with E-state index < -0.39 is 0 Å². The van der Waals surface area contributed by atoms with E-state index in [9.17, 15) is 0 Å². The van der Waals surface area contributed by atoms with Crippen LogP contribution in [0.3, 0.4) is 0 Å². The van der Waals surface area contributed by atoms with Crippen LogP contribution in [0.25, 0.3) is 10.8 Å². The standard InChI is InChI=1S/C17H21N5O/c1-3-11-22-17(19-20-21-22)18-12-15-14-8-6-5-7-13(14)9-10-16(15)23-4-2/h5-10H,3-4,11-12H2,1-2H3,(H,18,19,21). The molecule has 0 fully saturated rings. The van der Waals surface area contributed by atoms with Crippen LogP contribution >= 0.6 is 0 Å². The summed E-state index contributed by atoms with van der Waals surface area (Å²) >= 11 is 0. The highest BCUT2D eigenvalue weighted by Gasteiger charge is 2.11. The zero-order valence-corrected chi connectivity index (χ0v) is 13.5. The van der Waals surface area contributed by atoms with Crippen molar-refractivity contribution in [2.75, 3.05) is 11.9 Å². The smallest absolute Gasteiger partial charge is 0.243 e. The zero-order chi connectivity index (χ0) is 16.1. The van der Waals surface area contributed by atoms with E-state index >= 15 is 0 Å². The minimum absolute atomic E-state index is 0.612. The van der Waals surface area contributed by atoms with Gasteiger partial charge in [-0.1, -0.05) is 42.4 Å². The van der Waals surface area contributed by atoms with Crippen molar-refractivity contribution in [2.24, 2.45) is 0 Å². The molecule has 0 unspecified atom stereocenters. The Hall–Kier alpha value is -2.63. The van der Waals surface area contributed by atoms with Crippen molar-refractivity contribution < 1.29 is 4.74 Å². The second kappa shape index (κ2) is 7.09. The summed E-state index contributed by atoms with van der Waals surface area (Å²) in [7, 11) is 0. The number of anilines is 1. The second-order valence-corrected chi connectivity index (χ2v) is 5.28. The molecule has 3 aromatic rings. The molecule has 0 amide bonds. The fourth-order valence-electron chi connectivity index (χ4n) is 2.65. The van der Waals surface area contributed by atoms with Gasteiger partial charge in [0.2, 0.25) is 5.95 Å². The topological polar surface area (TPSA) is 64.9 Å². The number of nitrogens with one attached hydrogen (secondary N) is 1. The van der Waals surface area contributed by atoms with Crippen LogP contribution in [0.1, 0.15) is 25.8 Å². The molecule has 0 aliphatic rings. The van der Waals surface area contributed by atoms with Crippen LogP contribution in [0, 0.1) is 0 Å². The Morgan fingerprint density at radius 1 is 1.13 bits per heavy atom. The Bertz CT molecular complexity index is 784. The average Bonchev–Trinajstić information content (AvgIpc) is 3.01. The second-order valence-electron chi connectivity index (χ2n) is 5.28. The number of hydrogen-bond acceptors (Lipinski definition) is 5. The highest BCUT2D eigenvalue weighted by molar-refractivity contribution is 5.88. The normalized spacial score (nSPS) is 10.9. The van der Waals surface area contributed by atoms with Gasteiger partial charge in [0.25, 0.3) is 0 Å². The molecule has 0 saturated carbocycles. The molecule has 23 heavy (non-hydrogen) atoms. The Kier molecular flexibility index (Phi) is 4.71. The van der Waals surface area contributed by atoms with Gasteiger partial charge < -0.3 is 10.1 Å². The molecule has 1 heterocycles. The van der Waals surface area contributed by atoms with Gasteiger partial charge in [-0.15, -0.1) is 0 Å². The van der Waals surface area contributed by atoms with E-state index in [-0.39, 0.29) is 0 Å². The van der Waals surface area contributed by atoms with E-state index in [4.69, 9.17) is 4.74 Å². The first kappa shape index (κ1) is 15.3. The Morgan fingerprint density at radius 2 is 2.00 bits per heavy atom. The van der Waals surface area contributed by atoms with Gasteiger partial charge in [-0.3, -0.25) is 0 Å². The lowest BCUT2D eigenvalue weighted by Gasteiger charge is -2.14. The lowest BCUT2D eigenvalue weighted by molar-refractivity contribution is 0.337. The predicted molar refractivity (Wildman–Crippen MR) is 90.6 cm³/mol. The van der Waals surface area contributed by atoms with Crippen molar-refractivity contribution in [1.82, 2.24) is 20.2 Å². The van der Waals surface area contributed by atoms with Crippen LogP contribution in [0.4, 0.5) is 5.95 Å². The Balaban J connectivity index is 1.91. The molecule has 3 rings (SSSR count). The summed E-state index contributed by atoms with van der Waals surface area (Å²) in [5.41, 5.74) is 1.12. The summed E-state index contributed by atoms with van der Waals surface area (Å²) in [5.74, 6) is 1.58. The predicted octanol–water partition coefficient (Wildman–Crippen LogP) is 3.25. The van der Waals surface area contributed by atoms with Gasteiger partial charge >= 0.3 is 0 Å². The maximum Gasteiger partial charge on any atom is 0.243 e. The molecule has 1 aromatic heterocycles. The summed E-state index contributed by atoms with van der Waals surface area (Å²) in [6.07, 6.45) is 0.984. The van der Waals surface area contributed by atoms with Gasteiger partial charge in [-0.2, -0.15) is 0 Å². The zero-order valence-electron chi connectivity index (χ0n) is 13.5. The van der Waals surface area contributed by atoms with Crippen LogP contribution in [0.2, 0.25) is 0 Å². The SMILES string of the molecule is CCCn1nnnc1NCc1c(OCC)ccc2ccccc12. The van der Waals surface area contributed by atoms with E-state index in [1.54, 1.807) is 4.68 Å². The van der Waals surface area contributed by atoms with Gasteiger partial charge in [0.1, 0.15) is 5.75 Å². The number of ether oxygens (including phenoxy) is 1. The molecule has 6 heteroatoms. The molecule has 0 saturated heterocycles. The molecule has 0 aliphatic carbocycles. The fourth-order valence-corrected chi connectivity index (χ4v) is 2.65. The van der Waals surface area contributed by atoms with E-state index in [0.29, 0.717) is 19.1 Å². The van der Waals surface area contributed by atoms with Crippen LogP contribution in [-0.4, -0.2) is 26.8 Å². The molecule has 0 aliphatic heterocycles. The molecular formula is C17H21N5O. The van der Waals surface area contributed by atoms with Gasteiger partial charge in [-0.05, 0) is 40.6 Å². The number of rotatable bonds is 7. The minimum atomic E-state index is 0.612. The summed E-state index contributed by atoms with van der Waals surface area (Å²) in [5, 5.41) is 17.5.